The summed E-state index contributed by atoms with van der Waals surface area (Å²) in [6.07, 6.45) is -0.644. The van der Waals surface area contributed by atoms with Crippen molar-refractivity contribution in [2.75, 3.05) is 19.9 Å². The Morgan fingerprint density at radius 2 is 1.83 bits per heavy atom. The summed E-state index contributed by atoms with van der Waals surface area (Å²) in [5, 5.41) is 10.6. The molecule has 0 unspecified atom stereocenters. The van der Waals surface area contributed by atoms with Crippen molar-refractivity contribution < 1.29 is 23.7 Å². The Bertz CT molecular complexity index is 983. The summed E-state index contributed by atoms with van der Waals surface area (Å²) in [5.41, 5.74) is 2.13. The second kappa shape index (κ2) is 9.24. The maximum atomic E-state index is 10.6. The van der Waals surface area contributed by atoms with Gasteiger partial charge in [0.1, 0.15) is 30.0 Å². The standard InChI is InChI=1S/C24H27NO5/c1-17-5-3-4-6-22(17)27-15-20(26)13-25(14-21-9-7-18(2)30-21)12-19-8-10-23-24(11-19)29-16-28-23/h3-11,20,26H,12-16H2,1-2H3/t20-/m0/s1. The van der Waals surface area contributed by atoms with Gasteiger partial charge < -0.3 is 23.7 Å². The van der Waals surface area contributed by atoms with E-state index >= 15 is 0 Å². The fourth-order valence-corrected chi connectivity index (χ4v) is 3.53. The first-order valence-electron chi connectivity index (χ1n) is 10.1. The van der Waals surface area contributed by atoms with E-state index in [0.717, 1.165) is 39.9 Å². The van der Waals surface area contributed by atoms with E-state index in [4.69, 9.17) is 18.6 Å². The summed E-state index contributed by atoms with van der Waals surface area (Å²) >= 11 is 0. The van der Waals surface area contributed by atoms with E-state index in [0.29, 0.717) is 19.6 Å². The summed E-state index contributed by atoms with van der Waals surface area (Å²) in [6, 6.07) is 17.7. The van der Waals surface area contributed by atoms with Crippen LogP contribution in [0.3, 0.4) is 0 Å². The maximum Gasteiger partial charge on any atom is 0.231 e. The minimum atomic E-state index is -0.644. The summed E-state index contributed by atoms with van der Waals surface area (Å²) in [7, 11) is 0. The Kier molecular flexibility index (Phi) is 6.26. The van der Waals surface area contributed by atoms with Crippen LogP contribution < -0.4 is 14.2 Å². The minimum Gasteiger partial charge on any atom is -0.491 e. The van der Waals surface area contributed by atoms with Crippen LogP contribution in [0.2, 0.25) is 0 Å². The first-order valence-corrected chi connectivity index (χ1v) is 10.1. The van der Waals surface area contributed by atoms with E-state index in [2.05, 4.69) is 4.90 Å². The van der Waals surface area contributed by atoms with Gasteiger partial charge in [0, 0.05) is 13.1 Å². The number of aliphatic hydroxyl groups excluding tert-OH is 1. The number of furan rings is 1. The lowest BCUT2D eigenvalue weighted by molar-refractivity contribution is 0.0601. The number of ether oxygens (including phenoxy) is 3. The average Bonchev–Trinajstić information content (AvgIpc) is 3.35. The van der Waals surface area contributed by atoms with Crippen molar-refractivity contribution in [3.63, 3.8) is 0 Å². The molecule has 30 heavy (non-hydrogen) atoms. The van der Waals surface area contributed by atoms with Crippen molar-refractivity contribution in [3.8, 4) is 17.2 Å². The van der Waals surface area contributed by atoms with E-state index in [1.54, 1.807) is 0 Å². The Morgan fingerprint density at radius 3 is 2.63 bits per heavy atom. The molecular formula is C24H27NO5. The lowest BCUT2D eigenvalue weighted by Crippen LogP contribution is -2.35. The van der Waals surface area contributed by atoms with Crippen LogP contribution in [-0.4, -0.2) is 36.1 Å². The molecule has 1 aliphatic rings. The van der Waals surface area contributed by atoms with Crippen molar-refractivity contribution in [1.29, 1.82) is 0 Å². The van der Waals surface area contributed by atoms with Crippen molar-refractivity contribution >= 4 is 0 Å². The largest absolute Gasteiger partial charge is 0.491 e. The van der Waals surface area contributed by atoms with Crippen LogP contribution in [0, 0.1) is 13.8 Å². The van der Waals surface area contributed by atoms with E-state index < -0.39 is 6.10 Å². The first-order chi connectivity index (χ1) is 14.6. The zero-order valence-corrected chi connectivity index (χ0v) is 17.3. The summed E-state index contributed by atoms with van der Waals surface area (Å²) in [4.78, 5) is 2.14. The number of aryl methyl sites for hydroxylation is 2. The minimum absolute atomic E-state index is 0.222. The summed E-state index contributed by atoms with van der Waals surface area (Å²) in [6.45, 7) is 6.06. The second-order valence-corrected chi connectivity index (χ2v) is 7.60. The van der Waals surface area contributed by atoms with Crippen LogP contribution in [0.1, 0.15) is 22.6 Å². The molecule has 1 atom stereocenters. The van der Waals surface area contributed by atoms with Gasteiger partial charge in [0.15, 0.2) is 11.5 Å². The molecule has 1 aromatic heterocycles. The molecule has 0 saturated heterocycles. The molecule has 0 radical (unpaired) electrons. The Balaban J connectivity index is 1.42. The molecule has 0 fully saturated rings. The van der Waals surface area contributed by atoms with Crippen LogP contribution in [0.15, 0.2) is 59.0 Å². The predicted molar refractivity (Wildman–Crippen MR) is 113 cm³/mol. The van der Waals surface area contributed by atoms with Gasteiger partial charge in [0.2, 0.25) is 6.79 Å². The highest BCUT2D eigenvalue weighted by Gasteiger charge is 2.18. The zero-order chi connectivity index (χ0) is 20.9. The summed E-state index contributed by atoms with van der Waals surface area (Å²) in [5.74, 6) is 4.04. The van der Waals surface area contributed by atoms with Gasteiger partial charge in [-0.2, -0.15) is 0 Å². The number of aliphatic hydroxyl groups is 1. The zero-order valence-electron chi connectivity index (χ0n) is 17.3. The highest BCUT2D eigenvalue weighted by molar-refractivity contribution is 5.44. The number of benzene rings is 2. The van der Waals surface area contributed by atoms with Crippen LogP contribution in [0.5, 0.6) is 17.2 Å². The lowest BCUT2D eigenvalue weighted by atomic mass is 10.1. The Morgan fingerprint density at radius 1 is 1.00 bits per heavy atom. The third-order valence-corrected chi connectivity index (χ3v) is 5.01. The van der Waals surface area contributed by atoms with Gasteiger partial charge in [0.25, 0.3) is 0 Å². The molecule has 3 aromatic rings. The van der Waals surface area contributed by atoms with Gasteiger partial charge in [-0.15, -0.1) is 0 Å². The van der Waals surface area contributed by atoms with Crippen molar-refractivity contribution in [2.45, 2.75) is 33.0 Å². The number of hydrogen-bond acceptors (Lipinski definition) is 6. The van der Waals surface area contributed by atoms with Crippen LogP contribution in [-0.2, 0) is 13.1 Å². The molecule has 4 rings (SSSR count). The molecule has 6 nitrogen and oxygen atoms in total. The van der Waals surface area contributed by atoms with Crippen molar-refractivity contribution in [2.24, 2.45) is 0 Å². The van der Waals surface area contributed by atoms with Crippen LogP contribution >= 0.6 is 0 Å². The third kappa shape index (κ3) is 5.14. The van der Waals surface area contributed by atoms with E-state index in [1.807, 2.05) is 68.4 Å². The Labute approximate surface area is 176 Å². The van der Waals surface area contributed by atoms with E-state index in [9.17, 15) is 5.11 Å². The monoisotopic (exact) mass is 409 g/mol. The highest BCUT2D eigenvalue weighted by atomic mass is 16.7. The molecule has 6 heteroatoms. The van der Waals surface area contributed by atoms with Crippen LogP contribution in [0.4, 0.5) is 0 Å². The number of para-hydroxylation sites is 1. The topological polar surface area (TPSA) is 64.3 Å². The van der Waals surface area contributed by atoms with Gasteiger partial charge in [-0.05, 0) is 55.3 Å². The molecule has 2 aromatic carbocycles. The highest BCUT2D eigenvalue weighted by Crippen LogP contribution is 2.33. The number of fused-ring (bicyclic) bond motifs is 1. The quantitative estimate of drug-likeness (QED) is 0.575. The fraction of sp³-hybridized carbons (Fsp3) is 0.333. The normalized spacial score (nSPS) is 13.6. The molecule has 0 saturated carbocycles. The van der Waals surface area contributed by atoms with Crippen LogP contribution in [0.25, 0.3) is 0 Å². The molecule has 0 spiro atoms. The third-order valence-electron chi connectivity index (χ3n) is 5.01. The molecule has 1 N–H and O–H groups in total. The Hall–Kier alpha value is -2.96. The molecule has 1 aliphatic heterocycles. The van der Waals surface area contributed by atoms with Gasteiger partial charge >= 0.3 is 0 Å². The number of hydrogen-bond donors (Lipinski definition) is 1. The molecule has 0 aliphatic carbocycles. The lowest BCUT2D eigenvalue weighted by Gasteiger charge is -2.25. The molecule has 158 valence electrons. The molecular weight excluding hydrogens is 382 g/mol. The van der Waals surface area contributed by atoms with Crippen molar-refractivity contribution in [3.05, 3.63) is 77.2 Å². The first kappa shape index (κ1) is 20.3. The second-order valence-electron chi connectivity index (χ2n) is 7.60. The SMILES string of the molecule is Cc1ccc(CN(Cc2ccc3c(c2)OCO3)C[C@H](O)COc2ccccc2C)o1. The van der Waals surface area contributed by atoms with Gasteiger partial charge in [-0.25, -0.2) is 0 Å². The molecule has 2 heterocycles. The predicted octanol–water partition coefficient (Wildman–Crippen LogP) is 4.07. The van der Waals surface area contributed by atoms with Gasteiger partial charge in [-0.1, -0.05) is 24.3 Å². The molecule has 0 amide bonds. The molecule has 0 bridgehead atoms. The maximum absolute atomic E-state index is 10.6. The smallest absolute Gasteiger partial charge is 0.231 e. The van der Waals surface area contributed by atoms with E-state index in [1.165, 1.54) is 0 Å². The van der Waals surface area contributed by atoms with Gasteiger partial charge in [0.05, 0.1) is 6.54 Å². The number of nitrogens with zero attached hydrogens (tertiary/aromatic N) is 1. The summed E-state index contributed by atoms with van der Waals surface area (Å²) < 4.78 is 22.5. The average molecular weight is 409 g/mol. The van der Waals surface area contributed by atoms with Crippen molar-refractivity contribution in [1.82, 2.24) is 4.90 Å². The number of rotatable bonds is 9. The van der Waals surface area contributed by atoms with E-state index in [-0.39, 0.29) is 13.4 Å². The van der Waals surface area contributed by atoms with Gasteiger partial charge in [-0.3, -0.25) is 4.90 Å². The fourth-order valence-electron chi connectivity index (χ4n) is 3.53.